The summed E-state index contributed by atoms with van der Waals surface area (Å²) in [4.78, 5) is 27.6. The fourth-order valence-electron chi connectivity index (χ4n) is 3.23. The van der Waals surface area contributed by atoms with Gasteiger partial charge < -0.3 is 15.0 Å². The Kier molecular flexibility index (Phi) is 8.45. The average Bonchev–Trinajstić information content (AvgIpc) is 2.81. The van der Waals surface area contributed by atoms with Gasteiger partial charge in [-0.2, -0.15) is 0 Å². The molecule has 0 saturated heterocycles. The number of ether oxygens (including phenoxy) is 1. The van der Waals surface area contributed by atoms with Gasteiger partial charge >= 0.3 is 0 Å². The highest BCUT2D eigenvalue weighted by atomic mass is 79.9. The molecule has 0 saturated carbocycles. The first kappa shape index (κ1) is 23.5. The molecule has 0 heterocycles. The van der Waals surface area contributed by atoms with Gasteiger partial charge in [0.25, 0.3) is 11.8 Å². The zero-order valence-corrected chi connectivity index (χ0v) is 19.9. The van der Waals surface area contributed by atoms with Crippen LogP contribution < -0.4 is 15.0 Å². The molecule has 0 spiro atoms. The molecule has 3 aromatic rings. The lowest BCUT2D eigenvalue weighted by atomic mass is 10.1. The van der Waals surface area contributed by atoms with Crippen LogP contribution in [0.2, 0.25) is 0 Å². The topological polar surface area (TPSA) is 58.6 Å². The predicted octanol–water partition coefficient (Wildman–Crippen LogP) is 6.55. The van der Waals surface area contributed by atoms with E-state index in [0.29, 0.717) is 35.7 Å². The van der Waals surface area contributed by atoms with Crippen molar-refractivity contribution in [2.45, 2.75) is 26.7 Å². The molecule has 0 radical (unpaired) electrons. The molecule has 0 unspecified atom stereocenters. The molecule has 0 atom stereocenters. The Morgan fingerprint density at radius 2 is 1.69 bits per heavy atom. The van der Waals surface area contributed by atoms with E-state index < -0.39 is 0 Å². The molecule has 0 aromatic heterocycles. The Balaban J connectivity index is 1.72. The average molecular weight is 495 g/mol. The van der Waals surface area contributed by atoms with E-state index in [1.807, 2.05) is 43.3 Å². The van der Waals surface area contributed by atoms with E-state index >= 15 is 0 Å². The summed E-state index contributed by atoms with van der Waals surface area (Å²) < 4.78 is 6.59. The van der Waals surface area contributed by atoms with Gasteiger partial charge in [0.15, 0.2) is 0 Å². The monoisotopic (exact) mass is 494 g/mol. The number of nitrogens with one attached hydrogen (secondary N) is 1. The summed E-state index contributed by atoms with van der Waals surface area (Å²) >= 11 is 3.42. The van der Waals surface area contributed by atoms with Crippen molar-refractivity contribution < 1.29 is 14.3 Å². The number of unbranched alkanes of at least 4 members (excludes halogenated alkanes) is 1. The second kappa shape index (κ2) is 11.5. The van der Waals surface area contributed by atoms with Crippen molar-refractivity contribution in [1.29, 1.82) is 0 Å². The van der Waals surface area contributed by atoms with Crippen LogP contribution >= 0.6 is 15.9 Å². The van der Waals surface area contributed by atoms with Crippen molar-refractivity contribution >= 4 is 39.1 Å². The zero-order chi connectivity index (χ0) is 22.9. The Hall–Kier alpha value is -3.12. The number of carbonyl (C=O) groups is 2. The maximum absolute atomic E-state index is 13.0. The lowest BCUT2D eigenvalue weighted by Gasteiger charge is -2.21. The highest BCUT2D eigenvalue weighted by Crippen LogP contribution is 2.25. The minimum Gasteiger partial charge on any atom is -0.493 e. The van der Waals surface area contributed by atoms with Gasteiger partial charge in [0.2, 0.25) is 0 Å². The third-order valence-corrected chi connectivity index (χ3v) is 5.45. The van der Waals surface area contributed by atoms with Crippen molar-refractivity contribution in [2.24, 2.45) is 0 Å². The van der Waals surface area contributed by atoms with E-state index in [0.717, 1.165) is 23.0 Å². The lowest BCUT2D eigenvalue weighted by molar-refractivity contribution is 0.0987. The fourth-order valence-corrected chi connectivity index (χ4v) is 3.59. The van der Waals surface area contributed by atoms with E-state index in [2.05, 4.69) is 28.2 Å². The van der Waals surface area contributed by atoms with Gasteiger partial charge in [-0.3, -0.25) is 9.59 Å². The molecular weight excluding hydrogens is 468 g/mol. The normalized spacial score (nSPS) is 10.5. The number of nitrogens with zero attached hydrogens (tertiary/aromatic N) is 1. The first-order valence-corrected chi connectivity index (χ1v) is 11.5. The highest BCUT2D eigenvalue weighted by Gasteiger charge is 2.17. The molecule has 0 aliphatic carbocycles. The van der Waals surface area contributed by atoms with Gasteiger partial charge in [0, 0.05) is 28.0 Å². The van der Waals surface area contributed by atoms with Crippen LogP contribution in [0.25, 0.3) is 0 Å². The van der Waals surface area contributed by atoms with Crippen LogP contribution in [0.4, 0.5) is 11.4 Å². The molecule has 6 heteroatoms. The maximum Gasteiger partial charge on any atom is 0.259 e. The maximum atomic E-state index is 13.0. The molecule has 0 aliphatic heterocycles. The zero-order valence-electron chi connectivity index (χ0n) is 18.3. The van der Waals surface area contributed by atoms with Crippen molar-refractivity contribution in [3.8, 4) is 5.75 Å². The number of hydrogen-bond acceptors (Lipinski definition) is 3. The molecule has 1 N–H and O–H groups in total. The number of para-hydroxylation sites is 1. The minimum absolute atomic E-state index is 0.0878. The molecule has 166 valence electrons. The van der Waals surface area contributed by atoms with Crippen LogP contribution in [0.1, 0.15) is 47.4 Å². The van der Waals surface area contributed by atoms with Crippen molar-refractivity contribution in [2.75, 3.05) is 23.4 Å². The smallest absolute Gasteiger partial charge is 0.259 e. The summed E-state index contributed by atoms with van der Waals surface area (Å²) in [6.45, 7) is 5.15. The number of amides is 2. The molecule has 2 amide bonds. The van der Waals surface area contributed by atoms with Gasteiger partial charge in [-0.1, -0.05) is 47.5 Å². The summed E-state index contributed by atoms with van der Waals surface area (Å²) in [5.41, 5.74) is 2.47. The molecule has 0 bridgehead atoms. The van der Waals surface area contributed by atoms with Gasteiger partial charge in [-0.05, 0) is 67.9 Å². The van der Waals surface area contributed by atoms with Crippen LogP contribution in [0, 0.1) is 0 Å². The standard InChI is InChI=1S/C26H27BrN2O3/c1-3-5-17-32-24-16-13-20(27)18-23(24)25(30)28-21-14-11-19(12-15-21)26(31)29(4-2)22-9-7-6-8-10-22/h6-16,18H,3-5,17H2,1-2H3,(H,28,30). The van der Waals surface area contributed by atoms with Gasteiger partial charge in [-0.25, -0.2) is 0 Å². The van der Waals surface area contributed by atoms with E-state index in [1.54, 1.807) is 41.3 Å². The second-order valence-corrected chi connectivity index (χ2v) is 8.17. The number of halogens is 1. The van der Waals surface area contributed by atoms with Crippen LogP contribution in [0.15, 0.2) is 77.3 Å². The summed E-state index contributed by atoms with van der Waals surface area (Å²) in [5, 5.41) is 2.89. The first-order chi connectivity index (χ1) is 15.5. The van der Waals surface area contributed by atoms with Crippen molar-refractivity contribution in [3.63, 3.8) is 0 Å². The SMILES string of the molecule is CCCCOc1ccc(Br)cc1C(=O)Nc1ccc(C(=O)N(CC)c2ccccc2)cc1. The number of benzene rings is 3. The van der Waals surface area contributed by atoms with Crippen LogP contribution in [-0.2, 0) is 0 Å². The summed E-state index contributed by atoms with van der Waals surface area (Å²) in [6.07, 6.45) is 1.94. The fraction of sp³-hybridized carbons (Fsp3) is 0.231. The predicted molar refractivity (Wildman–Crippen MR) is 133 cm³/mol. The number of hydrogen-bond donors (Lipinski definition) is 1. The summed E-state index contributed by atoms with van der Waals surface area (Å²) in [5.74, 6) is 0.193. The third kappa shape index (κ3) is 5.98. The Morgan fingerprint density at radius 1 is 0.969 bits per heavy atom. The van der Waals surface area contributed by atoms with E-state index in [1.165, 1.54) is 0 Å². The number of rotatable bonds is 9. The molecule has 0 fully saturated rings. The third-order valence-electron chi connectivity index (χ3n) is 4.96. The minimum atomic E-state index is -0.267. The van der Waals surface area contributed by atoms with Gasteiger partial charge in [-0.15, -0.1) is 0 Å². The molecule has 32 heavy (non-hydrogen) atoms. The van der Waals surface area contributed by atoms with Crippen LogP contribution in [0.5, 0.6) is 5.75 Å². The molecule has 5 nitrogen and oxygen atoms in total. The van der Waals surface area contributed by atoms with Crippen molar-refractivity contribution in [1.82, 2.24) is 0 Å². The van der Waals surface area contributed by atoms with E-state index in [-0.39, 0.29) is 11.8 Å². The highest BCUT2D eigenvalue weighted by molar-refractivity contribution is 9.10. The van der Waals surface area contributed by atoms with Gasteiger partial charge in [0.1, 0.15) is 5.75 Å². The molecule has 3 aromatic carbocycles. The summed E-state index contributed by atoms with van der Waals surface area (Å²) in [6, 6.07) is 21.9. The van der Waals surface area contributed by atoms with E-state index in [4.69, 9.17) is 4.74 Å². The quantitative estimate of drug-likeness (QED) is 0.343. The molecule has 0 aliphatic rings. The number of carbonyl (C=O) groups excluding carboxylic acids is 2. The first-order valence-electron chi connectivity index (χ1n) is 10.7. The Bertz CT molecular complexity index is 1050. The largest absolute Gasteiger partial charge is 0.493 e. The molecular formula is C26H27BrN2O3. The Morgan fingerprint density at radius 3 is 2.34 bits per heavy atom. The Labute approximate surface area is 197 Å². The van der Waals surface area contributed by atoms with Crippen LogP contribution in [0.3, 0.4) is 0 Å². The molecule has 3 rings (SSSR count). The summed E-state index contributed by atoms with van der Waals surface area (Å²) in [7, 11) is 0. The van der Waals surface area contributed by atoms with Gasteiger partial charge in [0.05, 0.1) is 12.2 Å². The van der Waals surface area contributed by atoms with Crippen molar-refractivity contribution in [3.05, 3.63) is 88.4 Å². The second-order valence-electron chi connectivity index (χ2n) is 7.26. The van der Waals surface area contributed by atoms with Crippen LogP contribution in [-0.4, -0.2) is 25.0 Å². The van der Waals surface area contributed by atoms with E-state index in [9.17, 15) is 9.59 Å². The number of anilines is 2. The lowest BCUT2D eigenvalue weighted by Crippen LogP contribution is -2.30.